The molecule has 3 heterocycles. The summed E-state index contributed by atoms with van der Waals surface area (Å²) in [7, 11) is 3.55. The van der Waals surface area contributed by atoms with E-state index in [1.807, 2.05) is 0 Å². The second-order valence-corrected chi connectivity index (χ2v) is 4.01. The molecule has 0 radical (unpaired) electrons. The van der Waals surface area contributed by atoms with E-state index in [2.05, 4.69) is 20.2 Å². The fraction of sp³-hybridized carbons (Fsp3) is 0.200. The van der Waals surface area contributed by atoms with Crippen LogP contribution in [-0.4, -0.2) is 29.5 Å². The highest BCUT2D eigenvalue weighted by Gasteiger charge is 2.14. The van der Waals surface area contributed by atoms with Crippen LogP contribution in [0, 0.1) is 0 Å². The molecule has 92 valence electrons. The van der Waals surface area contributed by atoms with E-state index in [4.69, 9.17) is 11.5 Å². The molecular weight excluding hydrogens is 232 g/mol. The Bertz CT molecular complexity index is 738. The monoisotopic (exact) mass is 244 g/mol. The van der Waals surface area contributed by atoms with E-state index >= 15 is 0 Å². The van der Waals surface area contributed by atoms with Gasteiger partial charge in [0, 0.05) is 14.1 Å². The van der Waals surface area contributed by atoms with Crippen LogP contribution in [0.5, 0.6) is 0 Å². The molecule has 0 aliphatic heterocycles. The van der Waals surface area contributed by atoms with Gasteiger partial charge >= 0.3 is 0 Å². The lowest BCUT2D eigenvalue weighted by atomic mass is 10.3. The van der Waals surface area contributed by atoms with Crippen molar-refractivity contribution in [2.24, 2.45) is 14.1 Å². The molecule has 0 fully saturated rings. The Hall–Kier alpha value is -2.64. The normalized spacial score (nSPS) is 11.2. The maximum atomic E-state index is 5.90. The van der Waals surface area contributed by atoms with E-state index in [-0.39, 0.29) is 0 Å². The molecule has 4 N–H and O–H groups in total. The molecule has 0 saturated heterocycles. The lowest BCUT2D eigenvalue weighted by Gasteiger charge is -2.02. The largest absolute Gasteiger partial charge is 0.383 e. The summed E-state index contributed by atoms with van der Waals surface area (Å²) in [6.45, 7) is 0. The quantitative estimate of drug-likeness (QED) is 0.619. The highest BCUT2D eigenvalue weighted by molar-refractivity contribution is 5.87. The third-order valence-electron chi connectivity index (χ3n) is 2.85. The molecule has 0 saturated carbocycles. The van der Waals surface area contributed by atoms with Crippen LogP contribution in [0.4, 0.5) is 11.6 Å². The summed E-state index contributed by atoms with van der Waals surface area (Å²) in [4.78, 5) is 8.66. The maximum Gasteiger partial charge on any atom is 0.169 e. The highest BCUT2D eigenvalue weighted by atomic mass is 15.3. The molecule has 3 rings (SSSR count). The van der Waals surface area contributed by atoms with Crippen molar-refractivity contribution in [3.05, 3.63) is 12.4 Å². The number of hydrogen-bond donors (Lipinski definition) is 2. The van der Waals surface area contributed by atoms with Crippen LogP contribution >= 0.6 is 0 Å². The van der Waals surface area contributed by atoms with Crippen molar-refractivity contribution in [2.75, 3.05) is 11.5 Å². The van der Waals surface area contributed by atoms with Crippen molar-refractivity contribution in [1.29, 1.82) is 0 Å². The topological polar surface area (TPSA) is 113 Å². The van der Waals surface area contributed by atoms with Gasteiger partial charge in [-0.25, -0.2) is 9.97 Å². The zero-order chi connectivity index (χ0) is 12.9. The first-order valence-electron chi connectivity index (χ1n) is 5.31. The number of fused-ring (bicyclic) bond motifs is 1. The van der Waals surface area contributed by atoms with E-state index < -0.39 is 0 Å². The minimum atomic E-state index is 0.381. The summed E-state index contributed by atoms with van der Waals surface area (Å²) < 4.78 is 3.20. The predicted octanol–water partition coefficient (Wildman–Crippen LogP) is -0.0718. The molecule has 0 spiro atoms. The molecule has 0 bridgehead atoms. The standard InChI is InChI=1S/C10H12N8/c1-17-8(12)6(4-13-17)9-15-7(11)5-3-14-18(2)10(5)16-9/h3-4H,12H2,1-2H3,(H2,11,15,16). The zero-order valence-corrected chi connectivity index (χ0v) is 9.99. The van der Waals surface area contributed by atoms with Crippen molar-refractivity contribution in [3.63, 3.8) is 0 Å². The Morgan fingerprint density at radius 2 is 1.72 bits per heavy atom. The van der Waals surface area contributed by atoms with Gasteiger partial charge in [-0.05, 0) is 0 Å². The van der Waals surface area contributed by atoms with Crippen LogP contribution in [0.15, 0.2) is 12.4 Å². The Morgan fingerprint density at radius 3 is 2.39 bits per heavy atom. The number of rotatable bonds is 1. The van der Waals surface area contributed by atoms with Gasteiger partial charge in [0.1, 0.15) is 11.6 Å². The van der Waals surface area contributed by atoms with Crippen molar-refractivity contribution < 1.29 is 0 Å². The maximum absolute atomic E-state index is 5.90. The Balaban J connectivity index is 2.30. The second-order valence-electron chi connectivity index (χ2n) is 4.01. The zero-order valence-electron chi connectivity index (χ0n) is 9.99. The summed E-state index contributed by atoms with van der Waals surface area (Å²) in [5.74, 6) is 1.33. The lowest BCUT2D eigenvalue weighted by molar-refractivity contribution is 0.779. The average molecular weight is 244 g/mol. The third kappa shape index (κ3) is 1.32. The van der Waals surface area contributed by atoms with Crippen LogP contribution in [0.25, 0.3) is 22.4 Å². The first-order valence-corrected chi connectivity index (χ1v) is 5.31. The van der Waals surface area contributed by atoms with E-state index in [0.717, 1.165) is 5.39 Å². The van der Waals surface area contributed by atoms with Crippen LogP contribution in [0.3, 0.4) is 0 Å². The number of nitrogen functional groups attached to an aromatic ring is 2. The summed E-state index contributed by atoms with van der Waals surface area (Å²) in [6.07, 6.45) is 3.26. The summed E-state index contributed by atoms with van der Waals surface area (Å²) in [5, 5.41) is 8.89. The van der Waals surface area contributed by atoms with Gasteiger partial charge < -0.3 is 11.5 Å². The molecule has 3 aromatic heterocycles. The van der Waals surface area contributed by atoms with E-state index in [9.17, 15) is 0 Å². The minimum Gasteiger partial charge on any atom is -0.383 e. The van der Waals surface area contributed by atoms with Crippen molar-refractivity contribution >= 4 is 22.7 Å². The first kappa shape index (κ1) is 10.5. The Kier molecular flexibility index (Phi) is 2.00. The van der Waals surface area contributed by atoms with Gasteiger partial charge in [0.25, 0.3) is 0 Å². The van der Waals surface area contributed by atoms with E-state index in [1.54, 1.807) is 35.9 Å². The van der Waals surface area contributed by atoms with Gasteiger partial charge in [0.05, 0.1) is 23.3 Å². The first-order chi connectivity index (χ1) is 8.58. The van der Waals surface area contributed by atoms with Crippen LogP contribution in [0.2, 0.25) is 0 Å². The van der Waals surface area contributed by atoms with Gasteiger partial charge in [-0.1, -0.05) is 0 Å². The van der Waals surface area contributed by atoms with E-state index in [0.29, 0.717) is 28.7 Å². The molecule has 0 aromatic carbocycles. The fourth-order valence-electron chi connectivity index (χ4n) is 1.78. The second kappa shape index (κ2) is 3.42. The molecule has 3 aromatic rings. The molecular formula is C10H12N8. The molecule has 8 nitrogen and oxygen atoms in total. The van der Waals surface area contributed by atoms with E-state index in [1.165, 1.54) is 0 Å². The number of hydrogen-bond acceptors (Lipinski definition) is 6. The van der Waals surface area contributed by atoms with Gasteiger partial charge in [0.2, 0.25) is 0 Å². The summed E-state index contributed by atoms with van der Waals surface area (Å²) in [5.41, 5.74) is 13.1. The number of aromatic nitrogens is 6. The molecule has 8 heteroatoms. The minimum absolute atomic E-state index is 0.381. The predicted molar refractivity (Wildman–Crippen MR) is 67.3 cm³/mol. The molecule has 0 aliphatic rings. The summed E-state index contributed by atoms with van der Waals surface area (Å²) in [6, 6.07) is 0. The number of aryl methyl sites for hydroxylation is 2. The summed E-state index contributed by atoms with van der Waals surface area (Å²) >= 11 is 0. The van der Waals surface area contributed by atoms with Crippen LogP contribution in [0.1, 0.15) is 0 Å². The van der Waals surface area contributed by atoms with Gasteiger partial charge in [0.15, 0.2) is 11.5 Å². The molecule has 0 unspecified atom stereocenters. The van der Waals surface area contributed by atoms with Gasteiger partial charge in [-0.2, -0.15) is 10.2 Å². The van der Waals surface area contributed by atoms with Crippen molar-refractivity contribution in [2.45, 2.75) is 0 Å². The number of nitrogens with zero attached hydrogens (tertiary/aromatic N) is 6. The van der Waals surface area contributed by atoms with Gasteiger partial charge in [-0.15, -0.1) is 0 Å². The Labute approximate surface area is 102 Å². The highest BCUT2D eigenvalue weighted by Crippen LogP contribution is 2.25. The van der Waals surface area contributed by atoms with Crippen LogP contribution in [-0.2, 0) is 14.1 Å². The molecule has 0 atom stereocenters. The molecule has 0 amide bonds. The third-order valence-corrected chi connectivity index (χ3v) is 2.85. The van der Waals surface area contributed by atoms with Crippen molar-refractivity contribution in [1.82, 2.24) is 29.5 Å². The lowest BCUT2D eigenvalue weighted by Crippen LogP contribution is -2.02. The Morgan fingerprint density at radius 1 is 1.00 bits per heavy atom. The molecule has 0 aliphatic carbocycles. The number of nitrogens with two attached hydrogens (primary N) is 2. The van der Waals surface area contributed by atoms with Gasteiger partial charge in [-0.3, -0.25) is 9.36 Å². The fourth-order valence-corrected chi connectivity index (χ4v) is 1.78. The van der Waals surface area contributed by atoms with Crippen molar-refractivity contribution in [3.8, 4) is 11.4 Å². The smallest absolute Gasteiger partial charge is 0.169 e. The molecule has 18 heavy (non-hydrogen) atoms. The number of anilines is 2. The SMILES string of the molecule is Cn1ncc(-c2nc(N)c3cnn(C)c3n2)c1N. The van der Waals surface area contributed by atoms with Crippen LogP contribution < -0.4 is 11.5 Å². The average Bonchev–Trinajstić information content (AvgIpc) is 2.86.